The molecule has 5 heteroatoms. The molecule has 2 unspecified atom stereocenters. The van der Waals surface area contributed by atoms with Crippen LogP contribution in [0, 0.1) is 6.92 Å². The van der Waals surface area contributed by atoms with Crippen LogP contribution in [0.4, 0.5) is 11.8 Å². The zero-order valence-electron chi connectivity index (χ0n) is 10.7. The van der Waals surface area contributed by atoms with E-state index in [1.54, 1.807) is 0 Å². The molecule has 1 aliphatic carbocycles. The lowest BCUT2D eigenvalue weighted by Gasteiger charge is -2.15. The molecule has 1 aromatic rings. The lowest BCUT2D eigenvalue weighted by molar-refractivity contribution is 0.750. The van der Waals surface area contributed by atoms with Crippen LogP contribution in [-0.4, -0.2) is 34.6 Å². The summed E-state index contributed by atoms with van der Waals surface area (Å²) in [5.74, 6) is 1.65. The standard InChI is InChI=1S/C12H20N4S/c1-8-7-14-12(13-2)16-11(8)15-9-4-5-10(6-9)17-3/h7,9-10H,4-6H2,1-3H3,(H2,13,14,15,16). The molecule has 1 aromatic heterocycles. The van der Waals surface area contributed by atoms with Gasteiger partial charge in [-0.25, -0.2) is 4.98 Å². The lowest BCUT2D eigenvalue weighted by atomic mass is 10.2. The van der Waals surface area contributed by atoms with Crippen molar-refractivity contribution in [2.45, 2.75) is 37.5 Å². The first kappa shape index (κ1) is 12.5. The maximum absolute atomic E-state index is 4.46. The van der Waals surface area contributed by atoms with Crippen molar-refractivity contribution in [3.8, 4) is 0 Å². The SMILES string of the molecule is CNc1ncc(C)c(NC2CCC(SC)C2)n1. The number of nitrogens with one attached hydrogen (secondary N) is 2. The summed E-state index contributed by atoms with van der Waals surface area (Å²) in [7, 11) is 1.84. The number of hydrogen-bond acceptors (Lipinski definition) is 5. The van der Waals surface area contributed by atoms with Gasteiger partial charge in [0.25, 0.3) is 0 Å². The van der Waals surface area contributed by atoms with Crippen molar-refractivity contribution in [1.29, 1.82) is 0 Å². The van der Waals surface area contributed by atoms with E-state index in [-0.39, 0.29) is 0 Å². The monoisotopic (exact) mass is 252 g/mol. The summed E-state index contributed by atoms with van der Waals surface area (Å²) < 4.78 is 0. The van der Waals surface area contributed by atoms with Crippen LogP contribution in [0.25, 0.3) is 0 Å². The molecule has 1 fully saturated rings. The first-order chi connectivity index (χ1) is 8.22. The zero-order chi connectivity index (χ0) is 12.3. The van der Waals surface area contributed by atoms with E-state index in [9.17, 15) is 0 Å². The molecule has 0 amide bonds. The van der Waals surface area contributed by atoms with Gasteiger partial charge in [0.05, 0.1) is 0 Å². The van der Waals surface area contributed by atoms with Crippen LogP contribution in [0.2, 0.25) is 0 Å². The average Bonchev–Trinajstić information content (AvgIpc) is 2.80. The van der Waals surface area contributed by atoms with Gasteiger partial charge in [-0.05, 0) is 32.4 Å². The highest BCUT2D eigenvalue weighted by Crippen LogP contribution is 2.30. The molecular formula is C12H20N4S. The molecule has 17 heavy (non-hydrogen) atoms. The number of aromatic nitrogens is 2. The van der Waals surface area contributed by atoms with E-state index < -0.39 is 0 Å². The predicted octanol–water partition coefficient (Wildman–Crippen LogP) is 2.52. The number of aryl methyl sites for hydroxylation is 1. The largest absolute Gasteiger partial charge is 0.367 e. The summed E-state index contributed by atoms with van der Waals surface area (Å²) >= 11 is 1.97. The fourth-order valence-corrected chi connectivity index (χ4v) is 2.98. The highest BCUT2D eigenvalue weighted by Gasteiger charge is 2.24. The Kier molecular flexibility index (Phi) is 4.10. The normalized spacial score (nSPS) is 23.7. The van der Waals surface area contributed by atoms with Crippen molar-refractivity contribution in [2.24, 2.45) is 0 Å². The summed E-state index contributed by atoms with van der Waals surface area (Å²) in [5, 5.41) is 7.32. The molecule has 1 heterocycles. The number of anilines is 2. The molecule has 0 bridgehead atoms. The van der Waals surface area contributed by atoms with Crippen LogP contribution >= 0.6 is 11.8 Å². The van der Waals surface area contributed by atoms with Gasteiger partial charge in [0.2, 0.25) is 5.95 Å². The maximum atomic E-state index is 4.46. The topological polar surface area (TPSA) is 49.8 Å². The predicted molar refractivity (Wildman–Crippen MR) is 74.9 cm³/mol. The van der Waals surface area contributed by atoms with Crippen molar-refractivity contribution < 1.29 is 0 Å². The molecule has 0 aromatic carbocycles. The second-order valence-corrected chi connectivity index (χ2v) is 5.63. The second-order valence-electron chi connectivity index (χ2n) is 4.49. The molecular weight excluding hydrogens is 232 g/mol. The van der Waals surface area contributed by atoms with Crippen molar-refractivity contribution >= 4 is 23.5 Å². The summed E-state index contributed by atoms with van der Waals surface area (Å²) in [5.41, 5.74) is 1.11. The van der Waals surface area contributed by atoms with Gasteiger partial charge in [-0.1, -0.05) is 0 Å². The fraction of sp³-hybridized carbons (Fsp3) is 0.667. The van der Waals surface area contributed by atoms with Crippen LogP contribution in [0.15, 0.2) is 6.20 Å². The first-order valence-electron chi connectivity index (χ1n) is 6.03. The molecule has 2 N–H and O–H groups in total. The van der Waals surface area contributed by atoms with Gasteiger partial charge in [-0.2, -0.15) is 16.7 Å². The van der Waals surface area contributed by atoms with E-state index in [1.165, 1.54) is 19.3 Å². The number of hydrogen-bond donors (Lipinski definition) is 2. The van der Waals surface area contributed by atoms with E-state index in [0.717, 1.165) is 16.6 Å². The Morgan fingerprint density at radius 1 is 1.41 bits per heavy atom. The highest BCUT2D eigenvalue weighted by molar-refractivity contribution is 7.99. The Bertz CT molecular complexity index is 383. The van der Waals surface area contributed by atoms with E-state index in [4.69, 9.17) is 0 Å². The van der Waals surface area contributed by atoms with Crippen LogP contribution in [-0.2, 0) is 0 Å². The Balaban J connectivity index is 2.03. The summed E-state index contributed by atoms with van der Waals surface area (Å²) in [4.78, 5) is 8.66. The van der Waals surface area contributed by atoms with Gasteiger partial charge in [0.1, 0.15) is 5.82 Å². The van der Waals surface area contributed by atoms with Crippen LogP contribution in [0.5, 0.6) is 0 Å². The summed E-state index contributed by atoms with van der Waals surface area (Å²) in [6, 6.07) is 0.561. The molecule has 1 aliphatic rings. The molecule has 94 valence electrons. The molecule has 1 saturated carbocycles. The van der Waals surface area contributed by atoms with Crippen molar-refractivity contribution in [3.63, 3.8) is 0 Å². The van der Waals surface area contributed by atoms with Gasteiger partial charge in [-0.3, -0.25) is 0 Å². The third-order valence-corrected chi connectivity index (χ3v) is 4.35. The number of nitrogens with zero attached hydrogens (tertiary/aromatic N) is 2. The van der Waals surface area contributed by atoms with Crippen LogP contribution < -0.4 is 10.6 Å². The fourth-order valence-electron chi connectivity index (χ4n) is 2.19. The van der Waals surface area contributed by atoms with E-state index in [0.29, 0.717) is 12.0 Å². The van der Waals surface area contributed by atoms with E-state index in [1.807, 2.05) is 31.9 Å². The Labute approximate surface area is 107 Å². The third kappa shape index (κ3) is 3.03. The van der Waals surface area contributed by atoms with Crippen LogP contribution in [0.3, 0.4) is 0 Å². The van der Waals surface area contributed by atoms with Gasteiger partial charge >= 0.3 is 0 Å². The maximum Gasteiger partial charge on any atom is 0.224 e. The minimum Gasteiger partial charge on any atom is -0.367 e. The molecule has 0 radical (unpaired) electrons. The molecule has 0 spiro atoms. The minimum atomic E-state index is 0.561. The minimum absolute atomic E-state index is 0.561. The molecule has 2 rings (SSSR count). The number of thioether (sulfide) groups is 1. The molecule has 4 nitrogen and oxygen atoms in total. The first-order valence-corrected chi connectivity index (χ1v) is 7.32. The van der Waals surface area contributed by atoms with Gasteiger partial charge in [-0.15, -0.1) is 0 Å². The highest BCUT2D eigenvalue weighted by atomic mass is 32.2. The molecule has 0 saturated heterocycles. The second kappa shape index (κ2) is 5.58. The average molecular weight is 252 g/mol. The summed E-state index contributed by atoms with van der Waals surface area (Å²) in [6.45, 7) is 2.04. The van der Waals surface area contributed by atoms with Crippen molar-refractivity contribution in [2.75, 3.05) is 23.9 Å². The van der Waals surface area contributed by atoms with Crippen molar-refractivity contribution in [1.82, 2.24) is 9.97 Å². The van der Waals surface area contributed by atoms with Gasteiger partial charge in [0, 0.05) is 30.1 Å². The Morgan fingerprint density at radius 3 is 2.88 bits per heavy atom. The lowest BCUT2D eigenvalue weighted by Crippen LogP contribution is -2.18. The van der Waals surface area contributed by atoms with Gasteiger partial charge in [0.15, 0.2) is 0 Å². The van der Waals surface area contributed by atoms with E-state index >= 15 is 0 Å². The van der Waals surface area contributed by atoms with E-state index in [2.05, 4.69) is 26.9 Å². The van der Waals surface area contributed by atoms with Gasteiger partial charge < -0.3 is 10.6 Å². The number of rotatable bonds is 4. The molecule has 2 atom stereocenters. The Morgan fingerprint density at radius 2 is 2.24 bits per heavy atom. The van der Waals surface area contributed by atoms with Crippen molar-refractivity contribution in [3.05, 3.63) is 11.8 Å². The Hall–Kier alpha value is -0.970. The van der Waals surface area contributed by atoms with Crippen LogP contribution in [0.1, 0.15) is 24.8 Å². The smallest absolute Gasteiger partial charge is 0.224 e. The zero-order valence-corrected chi connectivity index (χ0v) is 11.5. The third-order valence-electron chi connectivity index (χ3n) is 3.25. The quantitative estimate of drug-likeness (QED) is 0.862. The molecule has 0 aliphatic heterocycles. The summed E-state index contributed by atoms with van der Waals surface area (Å²) in [6.07, 6.45) is 7.84.